The summed E-state index contributed by atoms with van der Waals surface area (Å²) >= 11 is 5.86. The Balaban J connectivity index is 1.52. The smallest absolute Gasteiger partial charge is 0.264 e. The zero-order valence-corrected chi connectivity index (χ0v) is 15.2. The standard InChI is InChI=1S/C19H17ClFN3O3/c1-11(18(25)23-15-8-6-14(21)7-9-15)22-19(26)17-10-16(24-27-17)12-2-4-13(20)5-3-12/h2-9,11,17H,10H2,1H3,(H,22,26)(H,23,25)/t11-,17+/m0/s1. The van der Waals surface area contributed by atoms with Crippen molar-refractivity contribution in [2.45, 2.75) is 25.5 Å². The number of benzene rings is 2. The maximum absolute atomic E-state index is 12.9. The Kier molecular flexibility index (Phi) is 5.71. The Bertz CT molecular complexity index is 869. The Morgan fingerprint density at radius 2 is 1.85 bits per heavy atom. The molecular formula is C19H17ClFN3O3. The molecular weight excluding hydrogens is 373 g/mol. The zero-order valence-electron chi connectivity index (χ0n) is 14.4. The van der Waals surface area contributed by atoms with Crippen LogP contribution in [-0.2, 0) is 14.4 Å². The van der Waals surface area contributed by atoms with E-state index in [1.165, 1.54) is 24.3 Å². The second-order valence-electron chi connectivity index (χ2n) is 6.07. The van der Waals surface area contributed by atoms with Gasteiger partial charge in [0.1, 0.15) is 11.9 Å². The van der Waals surface area contributed by atoms with Crippen LogP contribution in [0.1, 0.15) is 18.9 Å². The van der Waals surface area contributed by atoms with Gasteiger partial charge in [0.15, 0.2) is 0 Å². The predicted molar refractivity (Wildman–Crippen MR) is 100 cm³/mol. The highest BCUT2D eigenvalue weighted by atomic mass is 35.5. The predicted octanol–water partition coefficient (Wildman–Crippen LogP) is 3.12. The Morgan fingerprint density at radius 3 is 2.52 bits per heavy atom. The highest BCUT2D eigenvalue weighted by molar-refractivity contribution is 6.30. The lowest BCUT2D eigenvalue weighted by atomic mass is 10.0. The maximum Gasteiger partial charge on any atom is 0.264 e. The molecule has 2 N–H and O–H groups in total. The van der Waals surface area contributed by atoms with E-state index in [9.17, 15) is 14.0 Å². The molecule has 0 aliphatic carbocycles. The lowest BCUT2D eigenvalue weighted by molar-refractivity contribution is -0.134. The average molecular weight is 390 g/mol. The summed E-state index contributed by atoms with van der Waals surface area (Å²) in [6.45, 7) is 1.55. The van der Waals surface area contributed by atoms with Crippen molar-refractivity contribution in [3.05, 3.63) is 64.9 Å². The molecule has 0 aromatic heterocycles. The zero-order chi connectivity index (χ0) is 19.4. The van der Waals surface area contributed by atoms with Crippen LogP contribution >= 0.6 is 11.6 Å². The molecule has 1 heterocycles. The van der Waals surface area contributed by atoms with Gasteiger partial charge in [-0.05, 0) is 48.9 Å². The van der Waals surface area contributed by atoms with E-state index in [4.69, 9.17) is 16.4 Å². The van der Waals surface area contributed by atoms with Crippen LogP contribution in [0.2, 0.25) is 5.02 Å². The topological polar surface area (TPSA) is 79.8 Å². The molecule has 0 unspecified atom stereocenters. The van der Waals surface area contributed by atoms with Crippen LogP contribution in [0.4, 0.5) is 10.1 Å². The van der Waals surface area contributed by atoms with Crippen molar-refractivity contribution in [3.63, 3.8) is 0 Å². The van der Waals surface area contributed by atoms with Crippen LogP contribution in [0.15, 0.2) is 53.7 Å². The molecule has 0 bridgehead atoms. The molecule has 6 nitrogen and oxygen atoms in total. The third kappa shape index (κ3) is 4.83. The van der Waals surface area contributed by atoms with Crippen LogP contribution in [0.25, 0.3) is 0 Å². The molecule has 0 radical (unpaired) electrons. The van der Waals surface area contributed by atoms with Gasteiger partial charge < -0.3 is 15.5 Å². The molecule has 0 fully saturated rings. The number of nitrogens with zero attached hydrogens (tertiary/aromatic N) is 1. The molecule has 2 atom stereocenters. The van der Waals surface area contributed by atoms with Crippen LogP contribution in [0, 0.1) is 5.82 Å². The van der Waals surface area contributed by atoms with Crippen LogP contribution in [0.3, 0.4) is 0 Å². The normalized spacial score (nSPS) is 16.9. The minimum absolute atomic E-state index is 0.291. The number of carbonyl (C=O) groups is 2. The van der Waals surface area contributed by atoms with E-state index in [-0.39, 0.29) is 0 Å². The minimum atomic E-state index is -0.809. The molecule has 8 heteroatoms. The van der Waals surface area contributed by atoms with Crippen LogP contribution in [-0.4, -0.2) is 29.7 Å². The van der Waals surface area contributed by atoms with Crippen molar-refractivity contribution in [1.29, 1.82) is 0 Å². The van der Waals surface area contributed by atoms with Crippen molar-refractivity contribution in [1.82, 2.24) is 5.32 Å². The molecule has 140 valence electrons. The SMILES string of the molecule is C[C@H](NC(=O)[C@H]1CC(c2ccc(Cl)cc2)=NO1)C(=O)Nc1ccc(F)cc1. The Morgan fingerprint density at radius 1 is 1.19 bits per heavy atom. The van der Waals surface area contributed by atoms with Crippen LogP contribution < -0.4 is 10.6 Å². The molecule has 3 rings (SSSR count). The van der Waals surface area contributed by atoms with Gasteiger partial charge in [-0.3, -0.25) is 9.59 Å². The van der Waals surface area contributed by atoms with E-state index >= 15 is 0 Å². The molecule has 2 amide bonds. The monoisotopic (exact) mass is 389 g/mol. The Hall–Kier alpha value is -2.93. The first-order valence-corrected chi connectivity index (χ1v) is 8.65. The number of hydrogen-bond acceptors (Lipinski definition) is 4. The van der Waals surface area contributed by atoms with Gasteiger partial charge in [-0.15, -0.1) is 0 Å². The molecule has 1 aliphatic rings. The molecule has 0 spiro atoms. The quantitative estimate of drug-likeness (QED) is 0.824. The number of oxime groups is 1. The molecule has 2 aromatic carbocycles. The van der Waals surface area contributed by atoms with E-state index in [1.807, 2.05) is 0 Å². The van der Waals surface area contributed by atoms with Gasteiger partial charge in [0.25, 0.3) is 5.91 Å². The number of halogens is 2. The van der Waals surface area contributed by atoms with Gasteiger partial charge in [-0.1, -0.05) is 28.9 Å². The fraction of sp³-hybridized carbons (Fsp3) is 0.211. The minimum Gasteiger partial charge on any atom is -0.382 e. The molecule has 0 saturated heterocycles. The highest BCUT2D eigenvalue weighted by Crippen LogP contribution is 2.19. The first-order chi connectivity index (χ1) is 12.9. The maximum atomic E-state index is 12.9. The Labute approximate surface area is 160 Å². The number of carbonyl (C=O) groups excluding carboxylic acids is 2. The highest BCUT2D eigenvalue weighted by Gasteiger charge is 2.30. The molecule has 2 aromatic rings. The summed E-state index contributed by atoms with van der Waals surface area (Å²) in [6.07, 6.45) is -0.517. The number of amides is 2. The number of rotatable bonds is 5. The van der Waals surface area contributed by atoms with Gasteiger partial charge in [0.05, 0.1) is 5.71 Å². The van der Waals surface area contributed by atoms with Crippen molar-refractivity contribution in [2.24, 2.45) is 5.16 Å². The first-order valence-electron chi connectivity index (χ1n) is 8.28. The molecule has 0 saturated carbocycles. The van der Waals surface area contributed by atoms with E-state index in [0.717, 1.165) is 5.56 Å². The second-order valence-corrected chi connectivity index (χ2v) is 6.51. The summed E-state index contributed by atoms with van der Waals surface area (Å²) in [5, 5.41) is 9.74. The number of anilines is 1. The number of hydrogen-bond donors (Lipinski definition) is 2. The summed E-state index contributed by atoms with van der Waals surface area (Å²) in [4.78, 5) is 29.7. The van der Waals surface area contributed by atoms with Crippen LogP contribution in [0.5, 0.6) is 0 Å². The fourth-order valence-electron chi connectivity index (χ4n) is 2.49. The van der Waals surface area contributed by atoms with Crippen molar-refractivity contribution in [3.8, 4) is 0 Å². The lowest BCUT2D eigenvalue weighted by Crippen LogP contribution is -2.46. The summed E-state index contributed by atoms with van der Waals surface area (Å²) in [5.41, 5.74) is 1.89. The van der Waals surface area contributed by atoms with E-state index in [0.29, 0.717) is 22.8 Å². The summed E-state index contributed by atoms with van der Waals surface area (Å²) < 4.78 is 12.9. The van der Waals surface area contributed by atoms with Gasteiger partial charge >= 0.3 is 0 Å². The summed E-state index contributed by atoms with van der Waals surface area (Å²) in [6, 6.07) is 11.6. The fourth-order valence-corrected chi connectivity index (χ4v) is 2.61. The van der Waals surface area contributed by atoms with Crippen molar-refractivity contribution < 1.29 is 18.8 Å². The van der Waals surface area contributed by atoms with Gasteiger partial charge in [-0.25, -0.2) is 4.39 Å². The molecule has 1 aliphatic heterocycles. The van der Waals surface area contributed by atoms with Crippen molar-refractivity contribution >= 4 is 34.8 Å². The molecule has 27 heavy (non-hydrogen) atoms. The lowest BCUT2D eigenvalue weighted by Gasteiger charge is -2.16. The van der Waals surface area contributed by atoms with E-state index in [2.05, 4.69) is 15.8 Å². The van der Waals surface area contributed by atoms with Crippen molar-refractivity contribution in [2.75, 3.05) is 5.32 Å². The average Bonchev–Trinajstić information content (AvgIpc) is 3.14. The first kappa shape index (κ1) is 18.8. The second kappa shape index (κ2) is 8.18. The van der Waals surface area contributed by atoms with E-state index < -0.39 is 29.8 Å². The summed E-state index contributed by atoms with van der Waals surface area (Å²) in [7, 11) is 0. The third-order valence-corrected chi connectivity index (χ3v) is 4.25. The largest absolute Gasteiger partial charge is 0.382 e. The van der Waals surface area contributed by atoms with Gasteiger partial charge in [-0.2, -0.15) is 0 Å². The van der Waals surface area contributed by atoms with Gasteiger partial charge in [0.2, 0.25) is 12.0 Å². The number of nitrogens with one attached hydrogen (secondary N) is 2. The van der Waals surface area contributed by atoms with E-state index in [1.54, 1.807) is 31.2 Å². The third-order valence-electron chi connectivity index (χ3n) is 4.00. The van der Waals surface area contributed by atoms with Gasteiger partial charge in [0, 0.05) is 17.1 Å². The summed E-state index contributed by atoms with van der Waals surface area (Å²) in [5.74, 6) is -1.26.